The lowest BCUT2D eigenvalue weighted by Crippen LogP contribution is -2.35. The normalized spacial score (nSPS) is 15.4. The molecule has 0 saturated carbocycles. The van der Waals surface area contributed by atoms with Crippen LogP contribution < -0.4 is 5.32 Å². The van der Waals surface area contributed by atoms with Crippen LogP contribution in [0, 0.1) is 6.92 Å². The topological polar surface area (TPSA) is 58.1 Å². The van der Waals surface area contributed by atoms with Gasteiger partial charge in [0.25, 0.3) is 5.91 Å². The van der Waals surface area contributed by atoms with E-state index in [0.29, 0.717) is 5.69 Å². The summed E-state index contributed by atoms with van der Waals surface area (Å²) in [5.41, 5.74) is 5.23. The SMILES string of the molecule is Cc1c(CCc2ccc(C(C)(C)C)cc2)ncnc1C(=O)N1CCCNCC1. The van der Waals surface area contributed by atoms with Gasteiger partial charge < -0.3 is 10.2 Å². The second-order valence-corrected chi connectivity index (χ2v) is 8.64. The van der Waals surface area contributed by atoms with Gasteiger partial charge in [-0.05, 0) is 49.3 Å². The molecule has 1 aromatic heterocycles. The first-order valence-electron chi connectivity index (χ1n) is 10.3. The Balaban J connectivity index is 1.69. The lowest BCUT2D eigenvalue weighted by molar-refractivity contribution is 0.0759. The summed E-state index contributed by atoms with van der Waals surface area (Å²) in [5, 5.41) is 3.33. The van der Waals surface area contributed by atoms with Crippen LogP contribution in [0.5, 0.6) is 0 Å². The number of amides is 1. The van der Waals surface area contributed by atoms with Gasteiger partial charge in [0.2, 0.25) is 0 Å². The molecule has 1 aliphatic heterocycles. The van der Waals surface area contributed by atoms with Gasteiger partial charge in [0.15, 0.2) is 0 Å². The third-order valence-corrected chi connectivity index (χ3v) is 5.49. The third-order valence-electron chi connectivity index (χ3n) is 5.49. The van der Waals surface area contributed by atoms with Crippen molar-refractivity contribution in [1.29, 1.82) is 0 Å². The predicted octanol–water partition coefficient (Wildman–Crippen LogP) is 3.30. The van der Waals surface area contributed by atoms with Crippen molar-refractivity contribution in [2.24, 2.45) is 0 Å². The van der Waals surface area contributed by atoms with E-state index in [2.05, 4.69) is 60.3 Å². The van der Waals surface area contributed by atoms with E-state index in [1.54, 1.807) is 0 Å². The van der Waals surface area contributed by atoms with Gasteiger partial charge in [0, 0.05) is 30.9 Å². The number of nitrogens with zero attached hydrogens (tertiary/aromatic N) is 3. The summed E-state index contributed by atoms with van der Waals surface area (Å²) >= 11 is 0. The van der Waals surface area contributed by atoms with Crippen molar-refractivity contribution in [2.75, 3.05) is 26.2 Å². The number of carbonyl (C=O) groups excluding carboxylic acids is 1. The van der Waals surface area contributed by atoms with Crippen molar-refractivity contribution < 1.29 is 4.79 Å². The molecule has 1 amide bonds. The average molecular weight is 381 g/mol. The fraction of sp³-hybridized carbons (Fsp3) is 0.522. The molecule has 0 aliphatic carbocycles. The smallest absolute Gasteiger partial charge is 0.272 e. The largest absolute Gasteiger partial charge is 0.336 e. The summed E-state index contributed by atoms with van der Waals surface area (Å²) in [6.07, 6.45) is 4.23. The molecule has 1 fully saturated rings. The van der Waals surface area contributed by atoms with Gasteiger partial charge >= 0.3 is 0 Å². The molecule has 0 radical (unpaired) electrons. The molecular weight excluding hydrogens is 348 g/mol. The second kappa shape index (κ2) is 8.82. The lowest BCUT2D eigenvalue weighted by Gasteiger charge is -2.21. The molecule has 150 valence electrons. The molecule has 0 spiro atoms. The van der Waals surface area contributed by atoms with E-state index in [1.165, 1.54) is 17.5 Å². The highest BCUT2D eigenvalue weighted by Gasteiger charge is 2.21. The van der Waals surface area contributed by atoms with Gasteiger partial charge in [-0.25, -0.2) is 9.97 Å². The maximum absolute atomic E-state index is 12.9. The van der Waals surface area contributed by atoms with Crippen molar-refractivity contribution in [3.05, 3.63) is 58.7 Å². The maximum atomic E-state index is 12.9. The molecule has 0 unspecified atom stereocenters. The minimum atomic E-state index is 0.0272. The fourth-order valence-corrected chi connectivity index (χ4v) is 3.59. The first kappa shape index (κ1) is 20.5. The van der Waals surface area contributed by atoms with Crippen LogP contribution >= 0.6 is 0 Å². The van der Waals surface area contributed by atoms with Gasteiger partial charge in [-0.3, -0.25) is 4.79 Å². The summed E-state index contributed by atoms with van der Waals surface area (Å²) in [7, 11) is 0. The van der Waals surface area contributed by atoms with Crippen LogP contribution in [0.1, 0.15) is 60.1 Å². The zero-order chi connectivity index (χ0) is 20.1. The number of hydrogen-bond acceptors (Lipinski definition) is 4. The molecule has 5 heteroatoms. The van der Waals surface area contributed by atoms with Crippen LogP contribution in [0.15, 0.2) is 30.6 Å². The van der Waals surface area contributed by atoms with Crippen LogP contribution in [-0.4, -0.2) is 47.0 Å². The Morgan fingerprint density at radius 1 is 1.07 bits per heavy atom. The molecule has 1 N–H and O–H groups in total. The molecule has 2 aromatic rings. The van der Waals surface area contributed by atoms with E-state index in [9.17, 15) is 4.79 Å². The van der Waals surface area contributed by atoms with E-state index >= 15 is 0 Å². The number of aromatic nitrogens is 2. The van der Waals surface area contributed by atoms with Crippen LogP contribution in [0.25, 0.3) is 0 Å². The van der Waals surface area contributed by atoms with Gasteiger partial charge in [-0.2, -0.15) is 0 Å². The zero-order valence-corrected chi connectivity index (χ0v) is 17.6. The number of rotatable bonds is 4. The predicted molar refractivity (Wildman–Crippen MR) is 113 cm³/mol. The van der Waals surface area contributed by atoms with Crippen molar-refractivity contribution in [2.45, 2.75) is 52.4 Å². The van der Waals surface area contributed by atoms with Crippen LogP contribution in [0.2, 0.25) is 0 Å². The Morgan fingerprint density at radius 3 is 2.54 bits per heavy atom. The molecule has 1 saturated heterocycles. The molecule has 1 aromatic carbocycles. The highest BCUT2D eigenvalue weighted by atomic mass is 16.2. The molecular formula is C23H32N4O. The van der Waals surface area contributed by atoms with Crippen LogP contribution in [0.4, 0.5) is 0 Å². The van der Waals surface area contributed by atoms with Crippen molar-refractivity contribution in [1.82, 2.24) is 20.2 Å². The lowest BCUT2D eigenvalue weighted by atomic mass is 9.86. The summed E-state index contributed by atoms with van der Waals surface area (Å²) in [6, 6.07) is 8.83. The monoisotopic (exact) mass is 380 g/mol. The van der Waals surface area contributed by atoms with Gasteiger partial charge in [-0.1, -0.05) is 45.0 Å². The van der Waals surface area contributed by atoms with Gasteiger partial charge in [0.1, 0.15) is 12.0 Å². The van der Waals surface area contributed by atoms with Gasteiger partial charge in [-0.15, -0.1) is 0 Å². The average Bonchev–Trinajstić information content (AvgIpc) is 2.96. The Labute approximate surface area is 168 Å². The molecule has 0 bridgehead atoms. The molecule has 2 heterocycles. The van der Waals surface area contributed by atoms with Crippen molar-refractivity contribution >= 4 is 5.91 Å². The Morgan fingerprint density at radius 2 is 1.82 bits per heavy atom. The first-order chi connectivity index (χ1) is 13.4. The maximum Gasteiger partial charge on any atom is 0.272 e. The highest BCUT2D eigenvalue weighted by molar-refractivity contribution is 5.93. The Bertz CT molecular complexity index is 800. The van der Waals surface area contributed by atoms with Crippen molar-refractivity contribution in [3.8, 4) is 0 Å². The second-order valence-electron chi connectivity index (χ2n) is 8.64. The number of benzene rings is 1. The molecule has 28 heavy (non-hydrogen) atoms. The van der Waals surface area contributed by atoms with Crippen LogP contribution in [0.3, 0.4) is 0 Å². The molecule has 3 rings (SSSR count). The summed E-state index contributed by atoms with van der Waals surface area (Å²) in [4.78, 5) is 23.6. The summed E-state index contributed by atoms with van der Waals surface area (Å²) < 4.78 is 0. The highest BCUT2D eigenvalue weighted by Crippen LogP contribution is 2.23. The Hall–Kier alpha value is -2.27. The summed E-state index contributed by atoms with van der Waals surface area (Å²) in [6.45, 7) is 12.0. The minimum Gasteiger partial charge on any atom is -0.336 e. The van der Waals surface area contributed by atoms with Crippen molar-refractivity contribution in [3.63, 3.8) is 0 Å². The fourth-order valence-electron chi connectivity index (χ4n) is 3.59. The standard InChI is InChI=1S/C23H32N4O/c1-17-20(11-8-18-6-9-19(10-7-18)23(2,3)4)25-16-26-21(17)22(28)27-14-5-12-24-13-15-27/h6-7,9-10,16,24H,5,8,11-15H2,1-4H3. The zero-order valence-electron chi connectivity index (χ0n) is 17.6. The molecule has 5 nitrogen and oxygen atoms in total. The Kier molecular flexibility index (Phi) is 6.45. The minimum absolute atomic E-state index is 0.0272. The van der Waals surface area contributed by atoms with E-state index in [1.807, 2.05) is 11.8 Å². The summed E-state index contributed by atoms with van der Waals surface area (Å²) in [5.74, 6) is 0.0272. The number of aryl methyl sites for hydroxylation is 2. The van der Waals surface area contributed by atoms with E-state index in [4.69, 9.17) is 0 Å². The van der Waals surface area contributed by atoms with Gasteiger partial charge in [0.05, 0.1) is 0 Å². The quantitative estimate of drug-likeness (QED) is 0.884. The van der Waals surface area contributed by atoms with E-state index in [-0.39, 0.29) is 11.3 Å². The number of hydrogen-bond donors (Lipinski definition) is 1. The third kappa shape index (κ3) is 4.96. The molecule has 1 aliphatic rings. The van der Waals surface area contributed by atoms with E-state index < -0.39 is 0 Å². The number of nitrogens with one attached hydrogen (secondary N) is 1. The number of carbonyl (C=O) groups is 1. The van der Waals surface area contributed by atoms with E-state index in [0.717, 1.165) is 56.7 Å². The van der Waals surface area contributed by atoms with Crippen LogP contribution in [-0.2, 0) is 18.3 Å². The first-order valence-corrected chi connectivity index (χ1v) is 10.3. The molecule has 0 atom stereocenters.